The molecule has 2 bridgehead atoms. The molecule has 4 heterocycles. The lowest BCUT2D eigenvalue weighted by molar-refractivity contribution is -0.122. The predicted molar refractivity (Wildman–Crippen MR) is 115 cm³/mol. The van der Waals surface area contributed by atoms with Gasteiger partial charge in [-0.2, -0.15) is 0 Å². The van der Waals surface area contributed by atoms with E-state index in [4.69, 9.17) is 14.6 Å². The lowest BCUT2D eigenvalue weighted by Gasteiger charge is -2.46. The van der Waals surface area contributed by atoms with Crippen LogP contribution in [0.5, 0.6) is 0 Å². The maximum Gasteiger partial charge on any atom is 0.290 e. The molecule has 1 saturated carbocycles. The first-order chi connectivity index (χ1) is 14.7. The molecule has 7 nitrogen and oxygen atoms in total. The number of aromatic nitrogens is 1. The van der Waals surface area contributed by atoms with Crippen molar-refractivity contribution >= 4 is 6.47 Å². The van der Waals surface area contributed by atoms with Crippen molar-refractivity contribution in [3.8, 4) is 0 Å². The Hall–Kier alpha value is -1.70. The minimum Gasteiger partial charge on any atom is -0.483 e. The highest BCUT2D eigenvalue weighted by Gasteiger charge is 2.37. The van der Waals surface area contributed by atoms with E-state index in [1.165, 1.54) is 50.8 Å². The Balaban J connectivity index is 0.000000687. The Labute approximate surface area is 178 Å². The summed E-state index contributed by atoms with van der Waals surface area (Å²) in [4.78, 5) is 26.7. The molecule has 0 unspecified atom stereocenters. The smallest absolute Gasteiger partial charge is 0.290 e. The maximum absolute atomic E-state index is 13.2. The summed E-state index contributed by atoms with van der Waals surface area (Å²) < 4.78 is 7.57. The SMILES string of the molecule is O=CO.O=c1c(CN2CCOCC2)ccc2n1C[C@H]1C[C@@H]2CN(C2CCCCC2)C1. The number of carboxylic acid groups (broad SMARTS) is 1. The summed E-state index contributed by atoms with van der Waals surface area (Å²) in [6.07, 6.45) is 8.25. The molecule has 5 rings (SSSR count). The second-order valence-corrected chi connectivity index (χ2v) is 9.24. The van der Waals surface area contributed by atoms with Gasteiger partial charge in [0.15, 0.2) is 0 Å². The molecule has 0 radical (unpaired) electrons. The topological polar surface area (TPSA) is 75.0 Å². The Morgan fingerprint density at radius 2 is 1.80 bits per heavy atom. The molecule has 3 fully saturated rings. The highest BCUT2D eigenvalue weighted by Crippen LogP contribution is 2.37. The fourth-order valence-electron chi connectivity index (χ4n) is 5.89. The molecule has 0 amide bonds. The van der Waals surface area contributed by atoms with Gasteiger partial charge in [0.2, 0.25) is 0 Å². The largest absolute Gasteiger partial charge is 0.483 e. The molecule has 1 N–H and O–H groups in total. The van der Waals surface area contributed by atoms with E-state index in [0.29, 0.717) is 11.8 Å². The second-order valence-electron chi connectivity index (χ2n) is 9.24. The van der Waals surface area contributed by atoms with E-state index in [-0.39, 0.29) is 12.0 Å². The Morgan fingerprint density at radius 3 is 2.53 bits per heavy atom. The molecule has 3 aliphatic heterocycles. The number of ether oxygens (including phenoxy) is 1. The molecule has 1 aromatic heterocycles. The number of carbonyl (C=O) groups is 1. The lowest BCUT2D eigenvalue weighted by Crippen LogP contribution is -2.51. The van der Waals surface area contributed by atoms with E-state index in [1.54, 1.807) is 0 Å². The van der Waals surface area contributed by atoms with Crippen molar-refractivity contribution in [1.29, 1.82) is 0 Å². The van der Waals surface area contributed by atoms with E-state index < -0.39 is 0 Å². The van der Waals surface area contributed by atoms with Crippen molar-refractivity contribution in [2.24, 2.45) is 5.92 Å². The van der Waals surface area contributed by atoms with Crippen LogP contribution in [0.15, 0.2) is 16.9 Å². The number of hydrogen-bond acceptors (Lipinski definition) is 5. The second kappa shape index (κ2) is 10.1. The molecule has 0 aromatic carbocycles. The summed E-state index contributed by atoms with van der Waals surface area (Å²) in [7, 11) is 0. The van der Waals surface area contributed by atoms with E-state index in [0.717, 1.165) is 57.5 Å². The van der Waals surface area contributed by atoms with Gasteiger partial charge in [-0.1, -0.05) is 25.3 Å². The van der Waals surface area contributed by atoms with E-state index in [1.807, 2.05) is 0 Å². The minimum atomic E-state index is -0.250. The van der Waals surface area contributed by atoms with E-state index >= 15 is 0 Å². The van der Waals surface area contributed by atoms with Crippen LogP contribution in [0.4, 0.5) is 0 Å². The normalized spacial score (nSPS) is 27.6. The van der Waals surface area contributed by atoms with Crippen LogP contribution in [0.2, 0.25) is 0 Å². The van der Waals surface area contributed by atoms with Gasteiger partial charge < -0.3 is 14.4 Å². The van der Waals surface area contributed by atoms with Crippen molar-refractivity contribution in [3.63, 3.8) is 0 Å². The number of nitrogens with zero attached hydrogens (tertiary/aromatic N) is 3. The third kappa shape index (κ3) is 4.79. The number of likely N-dealkylation sites (tertiary alicyclic amines) is 1. The number of morpholine rings is 1. The number of fused-ring (bicyclic) bond motifs is 4. The first-order valence-corrected chi connectivity index (χ1v) is 11.5. The monoisotopic (exact) mass is 417 g/mol. The summed E-state index contributed by atoms with van der Waals surface area (Å²) in [5, 5.41) is 6.89. The quantitative estimate of drug-likeness (QED) is 0.760. The molecule has 166 valence electrons. The van der Waals surface area contributed by atoms with Gasteiger partial charge in [-0.3, -0.25) is 19.4 Å². The van der Waals surface area contributed by atoms with Crippen LogP contribution >= 0.6 is 0 Å². The van der Waals surface area contributed by atoms with Gasteiger partial charge in [0.1, 0.15) is 0 Å². The average Bonchev–Trinajstić information content (AvgIpc) is 2.78. The van der Waals surface area contributed by atoms with Gasteiger partial charge in [0, 0.05) is 62.5 Å². The molecule has 1 aromatic rings. The molecule has 0 spiro atoms. The first kappa shape index (κ1) is 21.5. The predicted octanol–water partition coefficient (Wildman–Crippen LogP) is 2.13. The number of hydrogen-bond donors (Lipinski definition) is 1. The summed E-state index contributed by atoms with van der Waals surface area (Å²) in [5.74, 6) is 1.19. The Bertz CT molecular complexity index is 768. The van der Waals surface area contributed by atoms with Crippen LogP contribution in [0.1, 0.15) is 55.7 Å². The molecule has 1 aliphatic carbocycles. The fourth-order valence-corrected chi connectivity index (χ4v) is 5.89. The Morgan fingerprint density at radius 1 is 1.07 bits per heavy atom. The lowest BCUT2D eigenvalue weighted by atomic mass is 9.81. The van der Waals surface area contributed by atoms with Gasteiger partial charge in [0.05, 0.1) is 13.2 Å². The number of rotatable bonds is 3. The van der Waals surface area contributed by atoms with Crippen LogP contribution in [-0.4, -0.2) is 71.4 Å². The van der Waals surface area contributed by atoms with Crippen molar-refractivity contribution < 1.29 is 14.6 Å². The molecule has 30 heavy (non-hydrogen) atoms. The molecule has 2 atom stereocenters. The highest BCUT2D eigenvalue weighted by atomic mass is 16.5. The van der Waals surface area contributed by atoms with Gasteiger partial charge in [-0.05, 0) is 31.2 Å². The van der Waals surface area contributed by atoms with Crippen LogP contribution in [-0.2, 0) is 22.6 Å². The van der Waals surface area contributed by atoms with Gasteiger partial charge in [-0.25, -0.2) is 0 Å². The minimum absolute atomic E-state index is 0.250. The zero-order valence-corrected chi connectivity index (χ0v) is 17.9. The van der Waals surface area contributed by atoms with Crippen molar-refractivity contribution in [2.75, 3.05) is 39.4 Å². The van der Waals surface area contributed by atoms with Gasteiger partial charge in [0.25, 0.3) is 12.0 Å². The van der Waals surface area contributed by atoms with E-state index in [2.05, 4.69) is 26.5 Å². The molecular weight excluding hydrogens is 382 g/mol. The van der Waals surface area contributed by atoms with Crippen LogP contribution in [0.25, 0.3) is 0 Å². The Kier molecular flexibility index (Phi) is 7.23. The van der Waals surface area contributed by atoms with Crippen LogP contribution in [0, 0.1) is 5.92 Å². The summed E-state index contributed by atoms with van der Waals surface area (Å²) >= 11 is 0. The molecule has 2 saturated heterocycles. The highest BCUT2D eigenvalue weighted by molar-refractivity contribution is 5.32. The third-order valence-electron chi connectivity index (χ3n) is 7.30. The van der Waals surface area contributed by atoms with Crippen LogP contribution < -0.4 is 5.56 Å². The van der Waals surface area contributed by atoms with Crippen LogP contribution in [0.3, 0.4) is 0 Å². The summed E-state index contributed by atoms with van der Waals surface area (Å²) in [6, 6.07) is 5.18. The maximum atomic E-state index is 13.2. The standard InChI is InChI=1S/C22H33N3O2.CH2O2/c26-22-18(15-23-8-10-27-11-9-23)6-7-21-19-12-17(14-25(21)22)13-24(16-19)20-4-2-1-3-5-20;2-1-3/h6-7,17,19-20H,1-5,8-16H2;1H,(H,2,3)/t17-,19+;/m0./s1. The fraction of sp³-hybridized carbons (Fsp3) is 0.739. The molecular formula is C23H35N3O4. The third-order valence-corrected chi connectivity index (χ3v) is 7.30. The van der Waals surface area contributed by atoms with E-state index in [9.17, 15) is 4.79 Å². The zero-order chi connectivity index (χ0) is 20.9. The van der Waals surface area contributed by atoms with Crippen molar-refractivity contribution in [1.82, 2.24) is 14.4 Å². The number of pyridine rings is 1. The van der Waals surface area contributed by atoms with Gasteiger partial charge >= 0.3 is 0 Å². The van der Waals surface area contributed by atoms with Crippen molar-refractivity contribution in [2.45, 2.75) is 63.6 Å². The first-order valence-electron chi connectivity index (χ1n) is 11.5. The van der Waals surface area contributed by atoms with Gasteiger partial charge in [-0.15, -0.1) is 0 Å². The zero-order valence-electron chi connectivity index (χ0n) is 17.9. The summed E-state index contributed by atoms with van der Waals surface area (Å²) in [6.45, 7) is 7.23. The summed E-state index contributed by atoms with van der Waals surface area (Å²) in [5.41, 5.74) is 2.52. The average molecular weight is 418 g/mol. The number of piperidine rings is 1. The molecule has 4 aliphatic rings. The molecule has 7 heteroatoms. The van der Waals surface area contributed by atoms with Crippen molar-refractivity contribution in [3.05, 3.63) is 33.7 Å².